The van der Waals surface area contributed by atoms with Gasteiger partial charge in [-0.05, 0) is 12.3 Å². The maximum Gasteiger partial charge on any atom is 0.326 e. The zero-order chi connectivity index (χ0) is 22.7. The summed E-state index contributed by atoms with van der Waals surface area (Å²) >= 11 is 0. The summed E-state index contributed by atoms with van der Waals surface area (Å²) in [6, 6.07) is -3.99. The number of carboxylic acid groups (broad SMARTS) is 2. The minimum atomic E-state index is -1.54. The molecule has 0 radical (unpaired) electrons. The monoisotopic (exact) mass is 417 g/mol. The SMILES string of the molecule is CC(C)CC(NC(=O)C(N)CC(=O)O)C(=O)NCC(=O)NC(CC(N)=O)C(=O)O. The summed E-state index contributed by atoms with van der Waals surface area (Å²) in [6.45, 7) is 2.93. The molecule has 29 heavy (non-hydrogen) atoms. The topological polar surface area (TPSA) is 231 Å². The van der Waals surface area contributed by atoms with Gasteiger partial charge in [-0.25, -0.2) is 4.79 Å². The molecule has 0 rings (SSSR count). The van der Waals surface area contributed by atoms with Gasteiger partial charge in [0.2, 0.25) is 23.6 Å². The Morgan fingerprint density at radius 1 is 0.897 bits per heavy atom. The first-order chi connectivity index (χ1) is 13.3. The van der Waals surface area contributed by atoms with Crippen molar-refractivity contribution in [1.29, 1.82) is 0 Å². The molecule has 0 aromatic carbocycles. The molecule has 3 atom stereocenters. The molecule has 0 bridgehead atoms. The Balaban J connectivity index is 4.87. The average Bonchev–Trinajstić information content (AvgIpc) is 2.56. The van der Waals surface area contributed by atoms with Crippen LogP contribution in [0.25, 0.3) is 0 Å². The standard InChI is InChI=1S/C16H27N5O8/c1-7(2)3-9(21-14(26)8(17)4-13(24)25)15(27)19-6-12(23)20-10(16(28)29)5-11(18)22/h7-10H,3-6,17H2,1-2H3,(H2,18,22)(H,19,27)(H,20,23)(H,21,26)(H,24,25)(H,28,29). The predicted molar refractivity (Wildman–Crippen MR) is 98.0 cm³/mol. The number of carboxylic acids is 2. The predicted octanol–water partition coefficient (Wildman–Crippen LogP) is -3.12. The lowest BCUT2D eigenvalue weighted by molar-refractivity contribution is -0.143. The molecule has 13 nitrogen and oxygen atoms in total. The molecule has 164 valence electrons. The summed E-state index contributed by atoms with van der Waals surface area (Å²) in [5.41, 5.74) is 10.4. The first-order valence-corrected chi connectivity index (χ1v) is 8.69. The van der Waals surface area contributed by atoms with Gasteiger partial charge in [0.15, 0.2) is 0 Å². The Bertz CT molecular complexity index is 651. The van der Waals surface area contributed by atoms with E-state index < -0.39 is 73.1 Å². The maximum absolute atomic E-state index is 12.3. The summed E-state index contributed by atoms with van der Waals surface area (Å²) in [6.07, 6.45) is -1.07. The maximum atomic E-state index is 12.3. The van der Waals surface area contributed by atoms with E-state index in [9.17, 15) is 28.8 Å². The van der Waals surface area contributed by atoms with Gasteiger partial charge in [-0.2, -0.15) is 0 Å². The van der Waals surface area contributed by atoms with Gasteiger partial charge in [0.05, 0.1) is 25.4 Å². The Kier molecular flexibility index (Phi) is 10.9. The lowest BCUT2D eigenvalue weighted by Crippen LogP contribution is -2.54. The lowest BCUT2D eigenvalue weighted by atomic mass is 10.0. The largest absolute Gasteiger partial charge is 0.481 e. The second-order valence-corrected chi connectivity index (χ2v) is 6.74. The van der Waals surface area contributed by atoms with Gasteiger partial charge in [0.1, 0.15) is 12.1 Å². The van der Waals surface area contributed by atoms with E-state index in [1.165, 1.54) is 0 Å². The van der Waals surface area contributed by atoms with Crippen molar-refractivity contribution in [3.05, 3.63) is 0 Å². The Labute approximate surface area is 166 Å². The second-order valence-electron chi connectivity index (χ2n) is 6.74. The van der Waals surface area contributed by atoms with Gasteiger partial charge < -0.3 is 37.6 Å². The number of hydrogen-bond acceptors (Lipinski definition) is 7. The van der Waals surface area contributed by atoms with Crippen LogP contribution in [0.5, 0.6) is 0 Å². The molecule has 0 heterocycles. The van der Waals surface area contributed by atoms with Crippen LogP contribution in [-0.4, -0.2) is 70.5 Å². The number of nitrogens with two attached hydrogens (primary N) is 2. The number of hydrogen-bond donors (Lipinski definition) is 7. The van der Waals surface area contributed by atoms with Crippen LogP contribution in [0.1, 0.15) is 33.1 Å². The average molecular weight is 417 g/mol. The number of carbonyl (C=O) groups excluding carboxylic acids is 4. The van der Waals surface area contributed by atoms with Crippen LogP contribution in [0.3, 0.4) is 0 Å². The summed E-state index contributed by atoms with van der Waals surface area (Å²) in [5.74, 6) is -6.19. The van der Waals surface area contributed by atoms with E-state index in [2.05, 4.69) is 10.6 Å². The fourth-order valence-corrected chi connectivity index (χ4v) is 2.20. The molecule has 0 aromatic heterocycles. The summed E-state index contributed by atoms with van der Waals surface area (Å²) in [4.78, 5) is 68.6. The third-order valence-corrected chi connectivity index (χ3v) is 3.53. The number of primary amides is 1. The molecule has 0 aliphatic heterocycles. The van der Waals surface area contributed by atoms with E-state index in [1.807, 2.05) is 5.32 Å². The van der Waals surface area contributed by atoms with E-state index in [0.717, 1.165) is 0 Å². The fourth-order valence-electron chi connectivity index (χ4n) is 2.20. The van der Waals surface area contributed by atoms with Crippen LogP contribution in [0.15, 0.2) is 0 Å². The highest BCUT2D eigenvalue weighted by Gasteiger charge is 2.27. The van der Waals surface area contributed by atoms with E-state index in [-0.39, 0.29) is 12.3 Å². The molecule has 0 fully saturated rings. The summed E-state index contributed by atoms with van der Waals surface area (Å²) in [5, 5.41) is 24.2. The zero-order valence-corrected chi connectivity index (χ0v) is 16.1. The molecule has 0 aromatic rings. The summed E-state index contributed by atoms with van der Waals surface area (Å²) in [7, 11) is 0. The third-order valence-electron chi connectivity index (χ3n) is 3.53. The van der Waals surface area contributed by atoms with Gasteiger partial charge in [-0.3, -0.25) is 24.0 Å². The van der Waals surface area contributed by atoms with Crippen molar-refractivity contribution in [1.82, 2.24) is 16.0 Å². The van der Waals surface area contributed by atoms with Crippen molar-refractivity contribution >= 4 is 35.6 Å². The molecule has 13 heteroatoms. The van der Waals surface area contributed by atoms with Crippen LogP contribution in [-0.2, 0) is 28.8 Å². The number of aliphatic carboxylic acids is 2. The number of rotatable bonds is 13. The van der Waals surface area contributed by atoms with E-state index in [4.69, 9.17) is 21.7 Å². The lowest BCUT2D eigenvalue weighted by Gasteiger charge is -2.22. The summed E-state index contributed by atoms with van der Waals surface area (Å²) < 4.78 is 0. The molecule has 3 unspecified atom stereocenters. The van der Waals surface area contributed by atoms with Gasteiger partial charge in [-0.1, -0.05) is 13.8 Å². The van der Waals surface area contributed by atoms with E-state index >= 15 is 0 Å². The van der Waals surface area contributed by atoms with Crippen LogP contribution in [0.4, 0.5) is 0 Å². The Morgan fingerprint density at radius 2 is 1.48 bits per heavy atom. The molecule has 9 N–H and O–H groups in total. The minimum Gasteiger partial charge on any atom is -0.481 e. The second kappa shape index (κ2) is 12.3. The Morgan fingerprint density at radius 3 is 1.93 bits per heavy atom. The van der Waals surface area contributed by atoms with Crippen LogP contribution in [0, 0.1) is 5.92 Å². The van der Waals surface area contributed by atoms with E-state index in [0.29, 0.717) is 0 Å². The molecule has 4 amide bonds. The van der Waals surface area contributed by atoms with Crippen molar-refractivity contribution in [3.8, 4) is 0 Å². The molecule has 0 aliphatic carbocycles. The molecule has 0 spiro atoms. The number of carbonyl (C=O) groups is 6. The van der Waals surface area contributed by atoms with Gasteiger partial charge in [-0.15, -0.1) is 0 Å². The molecule has 0 aliphatic rings. The molecular formula is C16H27N5O8. The number of nitrogens with one attached hydrogen (secondary N) is 3. The fraction of sp³-hybridized carbons (Fsp3) is 0.625. The smallest absolute Gasteiger partial charge is 0.326 e. The van der Waals surface area contributed by atoms with Crippen molar-refractivity contribution in [2.45, 2.75) is 51.2 Å². The molecular weight excluding hydrogens is 390 g/mol. The minimum absolute atomic E-state index is 0.0393. The van der Waals surface area contributed by atoms with Crippen molar-refractivity contribution in [2.75, 3.05) is 6.54 Å². The first kappa shape index (κ1) is 25.8. The normalized spacial score (nSPS) is 13.7. The Hall–Kier alpha value is -3.22. The highest BCUT2D eigenvalue weighted by molar-refractivity contribution is 5.94. The first-order valence-electron chi connectivity index (χ1n) is 8.69. The number of amides is 4. The zero-order valence-electron chi connectivity index (χ0n) is 16.1. The quantitative estimate of drug-likeness (QED) is 0.160. The van der Waals surface area contributed by atoms with Gasteiger partial charge >= 0.3 is 11.9 Å². The molecule has 0 saturated carbocycles. The molecule has 0 saturated heterocycles. The van der Waals surface area contributed by atoms with Crippen molar-refractivity contribution < 1.29 is 39.0 Å². The highest BCUT2D eigenvalue weighted by Crippen LogP contribution is 2.06. The third kappa shape index (κ3) is 11.3. The van der Waals surface area contributed by atoms with Crippen molar-refractivity contribution in [3.63, 3.8) is 0 Å². The van der Waals surface area contributed by atoms with Crippen molar-refractivity contribution in [2.24, 2.45) is 17.4 Å². The highest BCUT2D eigenvalue weighted by atomic mass is 16.4. The van der Waals surface area contributed by atoms with Crippen LogP contribution in [0.2, 0.25) is 0 Å². The van der Waals surface area contributed by atoms with Gasteiger partial charge in [0, 0.05) is 0 Å². The van der Waals surface area contributed by atoms with Crippen LogP contribution >= 0.6 is 0 Å². The van der Waals surface area contributed by atoms with Gasteiger partial charge in [0.25, 0.3) is 0 Å². The van der Waals surface area contributed by atoms with E-state index in [1.54, 1.807) is 13.8 Å². The van der Waals surface area contributed by atoms with Crippen LogP contribution < -0.4 is 27.4 Å².